The average molecular weight is 394 g/mol. The average Bonchev–Trinajstić information content (AvgIpc) is 3.27. The summed E-state index contributed by atoms with van der Waals surface area (Å²) in [7, 11) is 0. The van der Waals surface area contributed by atoms with E-state index in [4.69, 9.17) is 14.6 Å². The molecule has 0 atom stereocenters. The first-order valence-corrected chi connectivity index (χ1v) is 9.29. The lowest BCUT2D eigenvalue weighted by Gasteiger charge is -2.01. The molecule has 0 fully saturated rings. The zero-order chi connectivity index (χ0) is 18.4. The predicted molar refractivity (Wildman–Crippen MR) is 94.4 cm³/mol. The van der Waals surface area contributed by atoms with Crippen LogP contribution in [-0.2, 0) is 17.1 Å². The Kier molecular flexibility index (Phi) is 5.96. The van der Waals surface area contributed by atoms with Crippen LogP contribution < -0.4 is 16.6 Å². The number of aromatic amines is 1. The van der Waals surface area contributed by atoms with Gasteiger partial charge in [0.25, 0.3) is 10.8 Å². The molecule has 0 bridgehead atoms. The molecule has 0 aliphatic heterocycles. The van der Waals surface area contributed by atoms with E-state index in [0.717, 1.165) is 11.8 Å². The van der Waals surface area contributed by atoms with Gasteiger partial charge in [0, 0.05) is 6.07 Å². The van der Waals surface area contributed by atoms with Gasteiger partial charge in [-0.05, 0) is 12.1 Å². The Hall–Kier alpha value is -2.73. The Labute approximate surface area is 155 Å². The minimum absolute atomic E-state index is 0.138. The highest BCUT2D eigenvalue weighted by molar-refractivity contribution is 7.99. The van der Waals surface area contributed by atoms with Gasteiger partial charge in [-0.25, -0.2) is 4.98 Å². The Balaban J connectivity index is 1.44. The number of nitrogens with zero attached hydrogens (tertiary/aromatic N) is 3. The van der Waals surface area contributed by atoms with Crippen LogP contribution in [0.15, 0.2) is 48.5 Å². The molecule has 12 heteroatoms. The molecule has 0 aromatic carbocycles. The molecule has 136 valence electrons. The maximum absolute atomic E-state index is 11.8. The summed E-state index contributed by atoms with van der Waals surface area (Å²) in [4.78, 5) is 29.6. The van der Waals surface area contributed by atoms with Crippen molar-refractivity contribution in [2.24, 2.45) is 0 Å². The van der Waals surface area contributed by atoms with Crippen molar-refractivity contribution in [3.8, 4) is 0 Å². The number of carbonyl (C=O) groups excluding carboxylic acids is 1. The number of nitrogens with two attached hydrogens (primary N) is 1. The third-order valence-electron chi connectivity index (χ3n) is 2.89. The monoisotopic (exact) mass is 394 g/mol. The summed E-state index contributed by atoms with van der Waals surface area (Å²) < 4.78 is 10.6. The van der Waals surface area contributed by atoms with E-state index in [9.17, 15) is 9.59 Å². The van der Waals surface area contributed by atoms with Gasteiger partial charge in [0.1, 0.15) is 11.6 Å². The molecule has 0 saturated heterocycles. The first-order chi connectivity index (χ1) is 12.6. The first kappa shape index (κ1) is 18.1. The van der Waals surface area contributed by atoms with E-state index < -0.39 is 0 Å². The molecule has 0 saturated carbocycles. The minimum atomic E-state index is -0.331. The normalized spacial score (nSPS) is 10.8. The van der Waals surface area contributed by atoms with Gasteiger partial charge >= 0.3 is 0 Å². The van der Waals surface area contributed by atoms with Crippen LogP contribution in [0.4, 0.5) is 5.82 Å². The van der Waals surface area contributed by atoms with Crippen molar-refractivity contribution in [2.45, 2.75) is 22.7 Å². The van der Waals surface area contributed by atoms with Crippen LogP contribution in [0.2, 0.25) is 0 Å². The van der Waals surface area contributed by atoms with E-state index in [1.165, 1.54) is 17.8 Å². The lowest BCUT2D eigenvalue weighted by Crippen LogP contribution is -2.24. The van der Waals surface area contributed by atoms with Gasteiger partial charge in [-0.3, -0.25) is 9.59 Å². The Bertz CT molecular complexity index is 924. The van der Waals surface area contributed by atoms with Gasteiger partial charge in [0.15, 0.2) is 5.16 Å². The number of furan rings is 1. The maximum Gasteiger partial charge on any atom is 0.277 e. The van der Waals surface area contributed by atoms with Gasteiger partial charge in [-0.2, -0.15) is 0 Å². The molecular weight excluding hydrogens is 380 g/mol. The summed E-state index contributed by atoms with van der Waals surface area (Å²) in [6.45, 7) is 0.323. The minimum Gasteiger partial charge on any atom is -0.467 e. The van der Waals surface area contributed by atoms with Gasteiger partial charge in [-0.15, -0.1) is 10.2 Å². The van der Waals surface area contributed by atoms with E-state index in [1.54, 1.807) is 18.4 Å². The van der Waals surface area contributed by atoms with Crippen molar-refractivity contribution in [3.05, 3.63) is 46.5 Å². The van der Waals surface area contributed by atoms with Crippen molar-refractivity contribution in [3.63, 3.8) is 0 Å². The lowest BCUT2D eigenvalue weighted by atomic mass is 10.4. The van der Waals surface area contributed by atoms with E-state index in [1.807, 2.05) is 0 Å². The molecule has 26 heavy (non-hydrogen) atoms. The summed E-state index contributed by atoms with van der Waals surface area (Å²) >= 11 is 2.33. The third-order valence-corrected chi connectivity index (χ3v) is 4.56. The molecule has 3 rings (SSSR count). The quantitative estimate of drug-likeness (QED) is 0.373. The number of amides is 1. The van der Waals surface area contributed by atoms with Crippen molar-refractivity contribution in [2.75, 3.05) is 11.5 Å². The van der Waals surface area contributed by atoms with Crippen LogP contribution in [0.5, 0.6) is 0 Å². The molecular formula is C14H14N6O4S2. The standard InChI is InChI=1S/C14H14N6O4S2/c15-9-4-10(21)18-13(17-9)25-7-12-19-20-14(24-12)26-6-11(22)16-5-8-2-1-3-23-8/h1-4H,5-7H2,(H,16,22)(H3,15,17,18,21). The second kappa shape index (κ2) is 8.58. The molecule has 0 radical (unpaired) electrons. The Morgan fingerprint density at radius 3 is 3.00 bits per heavy atom. The number of hydrogen-bond donors (Lipinski definition) is 3. The number of H-pyrrole nitrogens is 1. The van der Waals surface area contributed by atoms with Crippen LogP contribution in [-0.4, -0.2) is 31.8 Å². The zero-order valence-electron chi connectivity index (χ0n) is 13.3. The van der Waals surface area contributed by atoms with E-state index >= 15 is 0 Å². The number of rotatable bonds is 8. The number of thioether (sulfide) groups is 2. The SMILES string of the molecule is Nc1cc(=O)[nH]c(SCc2nnc(SCC(=O)NCc3ccco3)o2)n1. The molecule has 0 spiro atoms. The van der Waals surface area contributed by atoms with Crippen molar-refractivity contribution >= 4 is 35.2 Å². The molecule has 1 amide bonds. The summed E-state index contributed by atoms with van der Waals surface area (Å²) in [5.41, 5.74) is 5.18. The molecule has 10 nitrogen and oxygen atoms in total. The van der Waals surface area contributed by atoms with Crippen LogP contribution in [0.3, 0.4) is 0 Å². The molecule has 0 aliphatic carbocycles. The van der Waals surface area contributed by atoms with Gasteiger partial charge < -0.3 is 24.9 Å². The molecule has 4 N–H and O–H groups in total. The summed E-state index contributed by atoms with van der Waals surface area (Å²) in [6, 6.07) is 4.73. The summed E-state index contributed by atoms with van der Waals surface area (Å²) in [6.07, 6.45) is 1.54. The third kappa shape index (κ3) is 5.39. The number of aromatic nitrogens is 4. The van der Waals surface area contributed by atoms with Crippen LogP contribution in [0, 0.1) is 0 Å². The maximum atomic E-state index is 11.8. The van der Waals surface area contributed by atoms with E-state index in [2.05, 4.69) is 25.5 Å². The number of nitrogen functional groups attached to an aromatic ring is 1. The lowest BCUT2D eigenvalue weighted by molar-refractivity contribution is -0.118. The fraction of sp³-hybridized carbons (Fsp3) is 0.214. The number of anilines is 1. The molecule has 0 aliphatic rings. The zero-order valence-corrected chi connectivity index (χ0v) is 14.9. The largest absolute Gasteiger partial charge is 0.467 e. The molecule has 3 aromatic heterocycles. The smallest absolute Gasteiger partial charge is 0.277 e. The first-order valence-electron chi connectivity index (χ1n) is 7.32. The number of nitrogens with one attached hydrogen (secondary N) is 2. The van der Waals surface area contributed by atoms with Gasteiger partial charge in [-0.1, -0.05) is 23.5 Å². The van der Waals surface area contributed by atoms with Crippen molar-refractivity contribution < 1.29 is 13.6 Å². The fourth-order valence-electron chi connectivity index (χ4n) is 1.78. The predicted octanol–water partition coefficient (Wildman–Crippen LogP) is 1.03. The van der Waals surface area contributed by atoms with E-state index in [-0.39, 0.29) is 28.3 Å². The summed E-state index contributed by atoms with van der Waals surface area (Å²) in [5.74, 6) is 1.43. The van der Waals surface area contributed by atoms with E-state index in [0.29, 0.717) is 29.1 Å². The van der Waals surface area contributed by atoms with Crippen LogP contribution in [0.25, 0.3) is 0 Å². The highest BCUT2D eigenvalue weighted by Crippen LogP contribution is 2.21. The highest BCUT2D eigenvalue weighted by Gasteiger charge is 2.11. The van der Waals surface area contributed by atoms with Crippen molar-refractivity contribution in [1.29, 1.82) is 0 Å². The van der Waals surface area contributed by atoms with Crippen molar-refractivity contribution in [1.82, 2.24) is 25.5 Å². The highest BCUT2D eigenvalue weighted by atomic mass is 32.2. The Morgan fingerprint density at radius 2 is 2.23 bits per heavy atom. The molecule has 3 heterocycles. The second-order valence-electron chi connectivity index (χ2n) is 4.87. The molecule has 3 aromatic rings. The molecule has 0 unspecified atom stereocenters. The fourth-order valence-corrected chi connectivity index (χ4v) is 3.11. The Morgan fingerprint density at radius 1 is 1.35 bits per heavy atom. The number of hydrogen-bond acceptors (Lipinski definition) is 10. The van der Waals surface area contributed by atoms with Crippen LogP contribution in [0.1, 0.15) is 11.7 Å². The topological polar surface area (TPSA) is 153 Å². The second-order valence-corrected chi connectivity index (χ2v) is 6.76. The van der Waals surface area contributed by atoms with Gasteiger partial charge in [0.2, 0.25) is 11.8 Å². The summed E-state index contributed by atoms with van der Waals surface area (Å²) in [5, 5.41) is 11.1. The number of carbonyl (C=O) groups is 1. The van der Waals surface area contributed by atoms with Crippen LogP contribution >= 0.6 is 23.5 Å². The van der Waals surface area contributed by atoms with Gasteiger partial charge in [0.05, 0.1) is 24.3 Å².